The summed E-state index contributed by atoms with van der Waals surface area (Å²) in [6.07, 6.45) is -2.02. The molecule has 0 saturated heterocycles. The molecule has 8 N–H and O–H groups in total. The predicted molar refractivity (Wildman–Crippen MR) is 125 cm³/mol. The molecule has 1 rings (SSSR count). The summed E-state index contributed by atoms with van der Waals surface area (Å²) >= 11 is 0. The second-order valence-electron chi connectivity index (χ2n) is 8.71. The van der Waals surface area contributed by atoms with Crippen molar-refractivity contribution in [3.05, 3.63) is 35.9 Å². The van der Waals surface area contributed by atoms with E-state index in [2.05, 4.69) is 16.0 Å². The lowest BCUT2D eigenvalue weighted by molar-refractivity contribution is -0.144. The van der Waals surface area contributed by atoms with Crippen LogP contribution in [0.15, 0.2) is 30.3 Å². The molecule has 0 spiro atoms. The van der Waals surface area contributed by atoms with Crippen LogP contribution in [0.4, 0.5) is 0 Å². The van der Waals surface area contributed by atoms with Crippen molar-refractivity contribution in [2.45, 2.75) is 70.3 Å². The number of aliphatic carboxylic acids is 2. The van der Waals surface area contributed by atoms with Gasteiger partial charge in [0.05, 0.1) is 18.6 Å². The summed E-state index contributed by atoms with van der Waals surface area (Å²) in [6, 6.07) is 3.00. The maximum absolute atomic E-state index is 12.8. The van der Waals surface area contributed by atoms with E-state index in [4.69, 9.17) is 10.8 Å². The molecule has 5 unspecified atom stereocenters. The first kappa shape index (κ1) is 29.5. The lowest BCUT2D eigenvalue weighted by Gasteiger charge is -2.26. The standard InChI is InChI=1S/C23H34N4O8/c1-12(2)9-15(24)20(31)25-16(11-18(29)30)21(32)27-19(13(3)28)22(33)26-17(23(34)35)10-14-7-5-4-6-8-14/h4-8,12-13,15-17,19,28H,9-11,24H2,1-3H3,(H,25,31)(H,26,33)(H,27,32)(H,29,30)(H,34,35). The van der Waals surface area contributed by atoms with Gasteiger partial charge in [0.2, 0.25) is 17.7 Å². The second-order valence-corrected chi connectivity index (χ2v) is 8.71. The Morgan fingerprint density at radius 2 is 1.43 bits per heavy atom. The number of carbonyl (C=O) groups excluding carboxylic acids is 3. The molecule has 0 aliphatic rings. The number of rotatable bonds is 14. The highest BCUT2D eigenvalue weighted by Gasteiger charge is 2.33. The van der Waals surface area contributed by atoms with E-state index in [1.165, 1.54) is 6.92 Å². The van der Waals surface area contributed by atoms with Crippen LogP contribution in [0.2, 0.25) is 0 Å². The lowest BCUT2D eigenvalue weighted by atomic mass is 10.0. The van der Waals surface area contributed by atoms with Gasteiger partial charge in [0.1, 0.15) is 18.1 Å². The van der Waals surface area contributed by atoms with Crippen molar-refractivity contribution in [2.75, 3.05) is 0 Å². The van der Waals surface area contributed by atoms with Gasteiger partial charge in [-0.25, -0.2) is 4.79 Å². The smallest absolute Gasteiger partial charge is 0.326 e. The lowest BCUT2D eigenvalue weighted by Crippen LogP contribution is -2.60. The van der Waals surface area contributed by atoms with Crippen LogP contribution in [0.3, 0.4) is 0 Å². The maximum Gasteiger partial charge on any atom is 0.326 e. The van der Waals surface area contributed by atoms with Crippen LogP contribution in [0.5, 0.6) is 0 Å². The fourth-order valence-electron chi connectivity index (χ4n) is 3.25. The molecule has 0 aliphatic carbocycles. The number of hydrogen-bond donors (Lipinski definition) is 7. The molecule has 5 atom stereocenters. The van der Waals surface area contributed by atoms with Crippen molar-refractivity contribution in [2.24, 2.45) is 11.7 Å². The Morgan fingerprint density at radius 1 is 0.857 bits per heavy atom. The highest BCUT2D eigenvalue weighted by molar-refractivity contribution is 5.95. The van der Waals surface area contributed by atoms with Crippen molar-refractivity contribution < 1.29 is 39.3 Å². The molecule has 0 bridgehead atoms. The summed E-state index contributed by atoms with van der Waals surface area (Å²) in [5, 5.41) is 35.4. The number of carbonyl (C=O) groups is 5. The van der Waals surface area contributed by atoms with Crippen LogP contribution in [0.1, 0.15) is 39.2 Å². The van der Waals surface area contributed by atoms with E-state index in [-0.39, 0.29) is 12.3 Å². The Kier molecular flexibility index (Phi) is 11.8. The average Bonchev–Trinajstić information content (AvgIpc) is 2.75. The summed E-state index contributed by atoms with van der Waals surface area (Å²) in [5.74, 6) is -5.43. The third-order valence-corrected chi connectivity index (χ3v) is 5.03. The highest BCUT2D eigenvalue weighted by atomic mass is 16.4. The fourth-order valence-corrected chi connectivity index (χ4v) is 3.25. The zero-order chi connectivity index (χ0) is 26.7. The van der Waals surface area contributed by atoms with Crippen molar-refractivity contribution in [3.63, 3.8) is 0 Å². The molecule has 12 heteroatoms. The normalized spacial score (nSPS) is 15.3. The van der Waals surface area contributed by atoms with Gasteiger partial charge in [-0.15, -0.1) is 0 Å². The first-order valence-electron chi connectivity index (χ1n) is 11.1. The molecule has 0 radical (unpaired) electrons. The second kappa shape index (κ2) is 14.0. The molecule has 1 aromatic carbocycles. The van der Waals surface area contributed by atoms with E-state index in [9.17, 15) is 34.2 Å². The van der Waals surface area contributed by atoms with Gasteiger partial charge in [-0.05, 0) is 24.8 Å². The molecule has 1 aromatic rings. The van der Waals surface area contributed by atoms with E-state index < -0.39 is 66.4 Å². The molecule has 35 heavy (non-hydrogen) atoms. The quantitative estimate of drug-likeness (QED) is 0.169. The molecule has 194 valence electrons. The highest BCUT2D eigenvalue weighted by Crippen LogP contribution is 2.07. The number of nitrogens with one attached hydrogen (secondary N) is 3. The van der Waals surface area contributed by atoms with Crippen molar-refractivity contribution in [3.8, 4) is 0 Å². The van der Waals surface area contributed by atoms with Crippen LogP contribution in [-0.2, 0) is 30.4 Å². The minimum Gasteiger partial charge on any atom is -0.481 e. The molecule has 0 aliphatic heterocycles. The van der Waals surface area contributed by atoms with Crippen molar-refractivity contribution in [1.29, 1.82) is 0 Å². The van der Waals surface area contributed by atoms with E-state index in [0.29, 0.717) is 12.0 Å². The van der Waals surface area contributed by atoms with Gasteiger partial charge in [-0.2, -0.15) is 0 Å². The van der Waals surface area contributed by atoms with Gasteiger partial charge >= 0.3 is 11.9 Å². The average molecular weight is 495 g/mol. The number of aliphatic hydroxyl groups excluding tert-OH is 1. The topological polar surface area (TPSA) is 208 Å². The molecule has 0 saturated carbocycles. The summed E-state index contributed by atoms with van der Waals surface area (Å²) in [7, 11) is 0. The number of amides is 3. The minimum atomic E-state index is -1.61. The van der Waals surface area contributed by atoms with Gasteiger partial charge in [-0.1, -0.05) is 44.2 Å². The largest absolute Gasteiger partial charge is 0.481 e. The Bertz CT molecular complexity index is 891. The summed E-state index contributed by atoms with van der Waals surface area (Å²) in [6.45, 7) is 4.87. The van der Waals surface area contributed by atoms with Crippen molar-refractivity contribution >= 4 is 29.7 Å². The molecular formula is C23H34N4O8. The monoisotopic (exact) mass is 494 g/mol. The first-order chi connectivity index (χ1) is 16.3. The van der Waals surface area contributed by atoms with E-state index in [1.54, 1.807) is 30.3 Å². The number of carboxylic acids is 2. The Labute approximate surface area is 203 Å². The molecular weight excluding hydrogens is 460 g/mol. The van der Waals surface area contributed by atoms with Gasteiger partial charge in [0, 0.05) is 6.42 Å². The van der Waals surface area contributed by atoms with Gasteiger partial charge in [0.25, 0.3) is 0 Å². The van der Waals surface area contributed by atoms with Crippen molar-refractivity contribution in [1.82, 2.24) is 16.0 Å². The first-order valence-corrected chi connectivity index (χ1v) is 11.1. The molecule has 0 heterocycles. The zero-order valence-electron chi connectivity index (χ0n) is 19.9. The maximum atomic E-state index is 12.8. The predicted octanol–water partition coefficient (Wildman–Crippen LogP) is -1.00. The van der Waals surface area contributed by atoms with E-state index in [0.717, 1.165) is 0 Å². The SMILES string of the molecule is CC(C)CC(N)C(=O)NC(CC(=O)O)C(=O)NC(C(=O)NC(Cc1ccccc1)C(=O)O)C(C)O. The molecule has 3 amide bonds. The third-order valence-electron chi connectivity index (χ3n) is 5.03. The van der Waals surface area contributed by atoms with E-state index in [1.807, 2.05) is 13.8 Å². The third kappa shape index (κ3) is 10.5. The van der Waals surface area contributed by atoms with Gasteiger partial charge < -0.3 is 37.0 Å². The number of aliphatic hydroxyl groups is 1. The molecule has 0 fully saturated rings. The summed E-state index contributed by atoms with van der Waals surface area (Å²) < 4.78 is 0. The summed E-state index contributed by atoms with van der Waals surface area (Å²) in [5.41, 5.74) is 6.43. The molecule has 12 nitrogen and oxygen atoms in total. The zero-order valence-corrected chi connectivity index (χ0v) is 19.9. The number of benzene rings is 1. The Balaban J connectivity index is 2.96. The molecule has 0 aromatic heterocycles. The number of nitrogens with two attached hydrogens (primary N) is 1. The summed E-state index contributed by atoms with van der Waals surface area (Å²) in [4.78, 5) is 60.7. The van der Waals surface area contributed by atoms with Gasteiger partial charge in [0.15, 0.2) is 0 Å². The van der Waals surface area contributed by atoms with Gasteiger partial charge in [-0.3, -0.25) is 19.2 Å². The van der Waals surface area contributed by atoms with E-state index >= 15 is 0 Å². The Hall–Kier alpha value is -3.51. The Morgan fingerprint density at radius 3 is 1.91 bits per heavy atom. The van der Waals surface area contributed by atoms with Crippen LogP contribution < -0.4 is 21.7 Å². The minimum absolute atomic E-state index is 0.0478. The number of hydrogen-bond acceptors (Lipinski definition) is 7. The number of carboxylic acid groups (broad SMARTS) is 2. The van der Waals surface area contributed by atoms with Crippen LogP contribution in [-0.4, -0.2) is 75.3 Å². The van der Waals surface area contributed by atoms with Crippen LogP contribution in [0, 0.1) is 5.92 Å². The van der Waals surface area contributed by atoms with Crippen LogP contribution in [0.25, 0.3) is 0 Å². The van der Waals surface area contributed by atoms with Crippen LogP contribution >= 0.6 is 0 Å². The fraction of sp³-hybridized carbons (Fsp3) is 0.522.